The van der Waals surface area contributed by atoms with Crippen LogP contribution in [0.1, 0.15) is 40.5 Å². The summed E-state index contributed by atoms with van der Waals surface area (Å²) in [6.45, 7) is 3.74. The van der Waals surface area contributed by atoms with Crippen molar-refractivity contribution in [3.63, 3.8) is 0 Å². The van der Waals surface area contributed by atoms with E-state index in [4.69, 9.17) is 5.26 Å². The van der Waals surface area contributed by atoms with Gasteiger partial charge in [-0.3, -0.25) is 4.79 Å². The van der Waals surface area contributed by atoms with Crippen molar-refractivity contribution < 1.29 is 4.79 Å². The molecule has 0 aromatic carbocycles. The normalized spacial score (nSPS) is 11.8. The molecule has 92 valence electrons. The highest BCUT2D eigenvalue weighted by molar-refractivity contribution is 5.93. The predicted octanol–water partition coefficient (Wildman–Crippen LogP) is 1.41. The van der Waals surface area contributed by atoms with Gasteiger partial charge in [0.2, 0.25) is 0 Å². The average Bonchev–Trinajstić information content (AvgIpc) is 2.97. The Morgan fingerprint density at radius 2 is 2.39 bits per heavy atom. The lowest BCUT2D eigenvalue weighted by molar-refractivity contribution is 0.0934. The van der Waals surface area contributed by atoms with Gasteiger partial charge >= 0.3 is 0 Å². The molecule has 18 heavy (non-hydrogen) atoms. The zero-order chi connectivity index (χ0) is 13.1. The number of hydrogen-bond acceptors (Lipinski definition) is 3. The third-order valence-electron chi connectivity index (χ3n) is 2.54. The largest absolute Gasteiger partial charge is 0.356 e. The van der Waals surface area contributed by atoms with Gasteiger partial charge in [-0.2, -0.15) is 5.26 Å². The Morgan fingerprint density at radius 1 is 1.61 bits per heavy atom. The topological polar surface area (TPSA) is 97.4 Å². The summed E-state index contributed by atoms with van der Waals surface area (Å²) in [7, 11) is 0. The smallest absolute Gasteiger partial charge is 0.268 e. The molecule has 0 bridgehead atoms. The number of aromatic amines is 2. The Hall–Kier alpha value is -2.55. The van der Waals surface area contributed by atoms with E-state index in [1.54, 1.807) is 6.20 Å². The van der Waals surface area contributed by atoms with Gasteiger partial charge in [0, 0.05) is 18.1 Å². The molecule has 1 atom stereocenters. The number of imidazole rings is 1. The first kappa shape index (κ1) is 11.9. The van der Waals surface area contributed by atoms with Crippen LogP contribution < -0.4 is 5.32 Å². The third kappa shape index (κ3) is 2.40. The Morgan fingerprint density at radius 3 is 2.94 bits per heavy atom. The molecule has 2 aromatic rings. The van der Waals surface area contributed by atoms with Crippen LogP contribution in [0, 0.1) is 18.3 Å². The van der Waals surface area contributed by atoms with Crippen molar-refractivity contribution in [2.24, 2.45) is 0 Å². The van der Waals surface area contributed by atoms with Gasteiger partial charge in [-0.1, -0.05) is 0 Å². The second kappa shape index (κ2) is 4.75. The van der Waals surface area contributed by atoms with Crippen LogP contribution in [0.3, 0.4) is 0 Å². The van der Waals surface area contributed by atoms with Crippen LogP contribution in [-0.2, 0) is 0 Å². The van der Waals surface area contributed by atoms with Gasteiger partial charge in [0.25, 0.3) is 5.91 Å². The molecule has 6 heteroatoms. The van der Waals surface area contributed by atoms with E-state index in [-0.39, 0.29) is 11.9 Å². The number of aromatic nitrogens is 3. The molecule has 0 spiro atoms. The molecule has 1 amide bonds. The molecular formula is C12H13N5O. The first-order valence-electron chi connectivity index (χ1n) is 5.51. The van der Waals surface area contributed by atoms with E-state index < -0.39 is 0 Å². The Balaban J connectivity index is 2.05. The second-order valence-corrected chi connectivity index (χ2v) is 4.06. The van der Waals surface area contributed by atoms with Gasteiger partial charge in [0.05, 0.1) is 11.6 Å². The van der Waals surface area contributed by atoms with Crippen LogP contribution in [0.4, 0.5) is 0 Å². The van der Waals surface area contributed by atoms with Crippen LogP contribution in [-0.4, -0.2) is 20.9 Å². The fraction of sp³-hybridized carbons (Fsp3) is 0.250. The van der Waals surface area contributed by atoms with Gasteiger partial charge in [0.15, 0.2) is 0 Å². The van der Waals surface area contributed by atoms with E-state index in [0.717, 1.165) is 5.69 Å². The molecule has 2 rings (SSSR count). The van der Waals surface area contributed by atoms with Gasteiger partial charge in [0.1, 0.15) is 17.6 Å². The number of carbonyl (C=O) groups excluding carboxylic acids is 1. The highest BCUT2D eigenvalue weighted by Crippen LogP contribution is 2.09. The number of nitrogens with zero attached hydrogens (tertiary/aromatic N) is 2. The number of carbonyl (C=O) groups is 1. The standard InChI is InChI=1S/C12H13N5O/c1-7-5-15-11(16-7)8(2)17-12(18)10-3-9(4-13)6-14-10/h3,5-6,8,14H,1-2H3,(H,15,16)(H,17,18)/t8-/m0/s1. The third-order valence-corrected chi connectivity index (χ3v) is 2.54. The Kier molecular flexibility index (Phi) is 3.15. The van der Waals surface area contributed by atoms with E-state index in [1.165, 1.54) is 12.3 Å². The van der Waals surface area contributed by atoms with Gasteiger partial charge in [-0.05, 0) is 19.9 Å². The summed E-state index contributed by atoms with van der Waals surface area (Å²) < 4.78 is 0. The fourth-order valence-electron chi connectivity index (χ4n) is 1.59. The lowest BCUT2D eigenvalue weighted by Gasteiger charge is -2.10. The van der Waals surface area contributed by atoms with Crippen molar-refractivity contribution in [2.45, 2.75) is 19.9 Å². The molecule has 0 unspecified atom stereocenters. The Bertz CT molecular complexity index is 604. The summed E-state index contributed by atoms with van der Waals surface area (Å²) in [6.07, 6.45) is 3.21. The number of aryl methyl sites for hydroxylation is 1. The van der Waals surface area contributed by atoms with Crippen LogP contribution in [0.15, 0.2) is 18.5 Å². The zero-order valence-corrected chi connectivity index (χ0v) is 10.1. The summed E-state index contributed by atoms with van der Waals surface area (Å²) in [5.74, 6) is 0.436. The minimum Gasteiger partial charge on any atom is -0.356 e. The zero-order valence-electron chi connectivity index (χ0n) is 10.1. The SMILES string of the molecule is Cc1cnc([C@H](C)NC(=O)c2cc(C#N)c[nH]2)[nH]1. The number of H-pyrrole nitrogens is 2. The lowest BCUT2D eigenvalue weighted by Crippen LogP contribution is -2.27. The van der Waals surface area contributed by atoms with Crippen molar-refractivity contribution in [1.82, 2.24) is 20.3 Å². The van der Waals surface area contributed by atoms with Gasteiger partial charge in [-0.15, -0.1) is 0 Å². The maximum Gasteiger partial charge on any atom is 0.268 e. The minimum atomic E-state index is -0.266. The monoisotopic (exact) mass is 243 g/mol. The van der Waals surface area contributed by atoms with Crippen molar-refractivity contribution in [3.8, 4) is 6.07 Å². The van der Waals surface area contributed by atoms with Gasteiger partial charge in [-0.25, -0.2) is 4.98 Å². The first-order valence-corrected chi connectivity index (χ1v) is 5.51. The van der Waals surface area contributed by atoms with E-state index >= 15 is 0 Å². The molecule has 0 saturated carbocycles. The molecule has 0 aliphatic carbocycles. The van der Waals surface area contributed by atoms with E-state index in [2.05, 4.69) is 20.3 Å². The predicted molar refractivity (Wildman–Crippen MR) is 64.7 cm³/mol. The molecule has 0 saturated heterocycles. The molecule has 2 aromatic heterocycles. The quantitative estimate of drug-likeness (QED) is 0.760. The van der Waals surface area contributed by atoms with E-state index in [1.807, 2.05) is 19.9 Å². The average molecular weight is 243 g/mol. The molecule has 0 fully saturated rings. The molecule has 0 aliphatic rings. The van der Waals surface area contributed by atoms with E-state index in [9.17, 15) is 4.79 Å². The summed E-state index contributed by atoms with van der Waals surface area (Å²) in [5, 5.41) is 11.5. The van der Waals surface area contributed by atoms with Crippen molar-refractivity contribution in [1.29, 1.82) is 5.26 Å². The molecule has 2 heterocycles. The number of rotatable bonds is 3. The maximum atomic E-state index is 11.9. The van der Waals surface area contributed by atoms with Crippen LogP contribution in [0.5, 0.6) is 0 Å². The molecule has 0 radical (unpaired) electrons. The Labute approximate surface area is 104 Å². The van der Waals surface area contributed by atoms with Crippen LogP contribution >= 0.6 is 0 Å². The van der Waals surface area contributed by atoms with Crippen molar-refractivity contribution in [3.05, 3.63) is 41.2 Å². The number of nitrogens with one attached hydrogen (secondary N) is 3. The van der Waals surface area contributed by atoms with Crippen LogP contribution in [0.25, 0.3) is 0 Å². The number of hydrogen-bond donors (Lipinski definition) is 3. The second-order valence-electron chi connectivity index (χ2n) is 4.06. The number of nitriles is 1. The van der Waals surface area contributed by atoms with Gasteiger partial charge < -0.3 is 15.3 Å². The lowest BCUT2D eigenvalue weighted by atomic mass is 10.3. The van der Waals surface area contributed by atoms with E-state index in [0.29, 0.717) is 17.1 Å². The highest BCUT2D eigenvalue weighted by atomic mass is 16.1. The maximum absolute atomic E-state index is 11.9. The fourth-order valence-corrected chi connectivity index (χ4v) is 1.59. The van der Waals surface area contributed by atoms with Crippen molar-refractivity contribution in [2.75, 3.05) is 0 Å². The molecule has 6 nitrogen and oxygen atoms in total. The molecule has 0 aliphatic heterocycles. The van der Waals surface area contributed by atoms with Crippen molar-refractivity contribution >= 4 is 5.91 Å². The highest BCUT2D eigenvalue weighted by Gasteiger charge is 2.14. The summed E-state index contributed by atoms with van der Waals surface area (Å²) >= 11 is 0. The summed E-state index contributed by atoms with van der Waals surface area (Å²) in [5.41, 5.74) is 1.74. The first-order chi connectivity index (χ1) is 8.60. The number of amides is 1. The summed E-state index contributed by atoms with van der Waals surface area (Å²) in [6, 6.07) is 3.25. The molecular weight excluding hydrogens is 230 g/mol. The minimum absolute atomic E-state index is 0.222. The summed E-state index contributed by atoms with van der Waals surface area (Å²) in [4.78, 5) is 21.8. The molecule has 3 N–H and O–H groups in total. The van der Waals surface area contributed by atoms with Crippen LogP contribution in [0.2, 0.25) is 0 Å².